The Labute approximate surface area is 291 Å². The number of benzene rings is 6. The average Bonchev–Trinajstić information content (AvgIpc) is 3.82. The number of thiophene rings is 2. The van der Waals surface area contributed by atoms with Crippen LogP contribution in [0.5, 0.6) is 0 Å². The van der Waals surface area contributed by atoms with Gasteiger partial charge in [0.1, 0.15) is 0 Å². The van der Waals surface area contributed by atoms with Crippen LogP contribution in [0.1, 0.15) is 20.6 Å². The average molecular weight is 624 g/mol. The highest BCUT2D eigenvalue weighted by molar-refractivity contribution is 7.40. The maximum atomic E-state index is 9.23. The van der Waals surface area contributed by atoms with Crippen LogP contribution in [-0.4, -0.2) is 6.71 Å². The number of nitrogens with zero attached hydrogens (tertiary/aromatic N) is 2. The molecule has 210 valence electrons. The van der Waals surface area contributed by atoms with E-state index in [9.17, 15) is 2.74 Å². The summed E-state index contributed by atoms with van der Waals surface area (Å²) in [6, 6.07) is 10.7. The van der Waals surface area contributed by atoms with Gasteiger partial charge >= 0.3 is 0 Å². The summed E-state index contributed by atoms with van der Waals surface area (Å²) in [4.78, 5) is 3.31. The van der Waals surface area contributed by atoms with E-state index in [1.54, 1.807) is 46.2 Å². The second-order valence-corrected chi connectivity index (χ2v) is 12.8. The van der Waals surface area contributed by atoms with Gasteiger partial charge in [-0.1, -0.05) is 96.8 Å². The Kier molecular flexibility index (Phi) is 3.19. The molecule has 5 heteroatoms. The van der Waals surface area contributed by atoms with E-state index in [4.69, 9.17) is 17.8 Å². The number of rotatable bonds is 3. The first kappa shape index (κ1) is 14.8. The van der Waals surface area contributed by atoms with Gasteiger partial charge in [-0.15, -0.1) is 22.7 Å². The molecule has 0 saturated heterocycles. The first-order valence-electron chi connectivity index (χ1n) is 21.6. The van der Waals surface area contributed by atoms with E-state index in [-0.39, 0.29) is 16.9 Å². The largest absolute Gasteiger partial charge is 0.310 e. The van der Waals surface area contributed by atoms with Crippen molar-refractivity contribution in [1.82, 2.24) is 0 Å². The van der Waals surface area contributed by atoms with Gasteiger partial charge in [0.25, 0.3) is 6.71 Å². The van der Waals surface area contributed by atoms with Crippen molar-refractivity contribution in [3.05, 3.63) is 151 Å². The smallest absolute Gasteiger partial charge is 0.277 e. The molecule has 0 radical (unpaired) electrons. The molecule has 0 unspecified atom stereocenters. The Morgan fingerprint density at radius 2 is 1.07 bits per heavy atom. The third kappa shape index (κ3) is 3.62. The van der Waals surface area contributed by atoms with Gasteiger partial charge in [-0.25, -0.2) is 0 Å². The molecule has 0 aliphatic carbocycles. The zero-order valence-corrected chi connectivity index (χ0v) is 24.7. The molecule has 2 aliphatic heterocycles. The third-order valence-electron chi connectivity index (χ3n) is 8.30. The molecule has 0 spiro atoms. The van der Waals surface area contributed by atoms with Crippen molar-refractivity contribution in [2.75, 3.05) is 9.80 Å². The standard InChI is InChI=1S/C40H25BN2S2/c1-4-13-26(14-5-1)27-23-24-35-31(25-27)38-40(45-35)41-36-32(20-12-21-33(36)43(38)29-17-8-3-9-18-29)42(28-15-6-2-7-16-28)37-30-19-10-11-22-34(30)44-39(37)41/h1-25H/i1D,2D,3D,4D,5D,6D,7D,8D,9D,13D,14D,15D,16D,17D,18D. The van der Waals surface area contributed by atoms with Crippen molar-refractivity contribution in [3.8, 4) is 11.1 Å². The molecule has 0 bridgehead atoms. The molecule has 0 amide bonds. The van der Waals surface area contributed by atoms with Crippen molar-refractivity contribution in [2.45, 2.75) is 0 Å². The van der Waals surface area contributed by atoms with Crippen LogP contribution in [0.4, 0.5) is 34.1 Å². The van der Waals surface area contributed by atoms with E-state index in [2.05, 4.69) is 0 Å². The second-order valence-electron chi connectivity index (χ2n) is 10.6. The van der Waals surface area contributed by atoms with E-state index in [0.717, 1.165) is 14.9 Å². The molecule has 0 fully saturated rings. The molecule has 0 N–H and O–H groups in total. The number of fused-ring (bicyclic) bond motifs is 8. The lowest BCUT2D eigenvalue weighted by molar-refractivity contribution is 1.28. The molecule has 0 atom stereocenters. The third-order valence-corrected chi connectivity index (χ3v) is 10.7. The highest BCUT2D eigenvalue weighted by Crippen LogP contribution is 2.50. The number of para-hydroxylation sites is 2. The summed E-state index contributed by atoms with van der Waals surface area (Å²) in [5.74, 6) is 0. The lowest BCUT2D eigenvalue weighted by atomic mass is 9.39. The zero-order valence-electron chi connectivity index (χ0n) is 38.1. The summed E-state index contributed by atoms with van der Waals surface area (Å²) in [5, 5.41) is 1.32. The van der Waals surface area contributed by atoms with Gasteiger partial charge in [-0.3, -0.25) is 0 Å². The van der Waals surface area contributed by atoms with Crippen molar-refractivity contribution < 1.29 is 20.6 Å². The van der Waals surface area contributed by atoms with Crippen LogP contribution in [0.25, 0.3) is 31.3 Å². The lowest BCUT2D eigenvalue weighted by Crippen LogP contribution is -2.59. The minimum atomic E-state index is -0.583. The number of hydrogen-bond donors (Lipinski definition) is 0. The summed E-state index contributed by atoms with van der Waals surface area (Å²) < 4.78 is 134. The number of anilines is 6. The summed E-state index contributed by atoms with van der Waals surface area (Å²) >= 11 is 2.88. The first-order chi connectivity index (χ1) is 28.6. The molecule has 6 aromatic carbocycles. The van der Waals surface area contributed by atoms with E-state index in [1.165, 1.54) is 22.7 Å². The van der Waals surface area contributed by atoms with Gasteiger partial charge in [-0.05, 0) is 71.1 Å². The van der Waals surface area contributed by atoms with Crippen LogP contribution in [0.15, 0.2) is 151 Å². The van der Waals surface area contributed by atoms with E-state index < -0.39 is 97.3 Å². The van der Waals surface area contributed by atoms with Crippen LogP contribution in [0.3, 0.4) is 0 Å². The van der Waals surface area contributed by atoms with Gasteiger partial charge in [-0.2, -0.15) is 0 Å². The normalized spacial score (nSPS) is 17.9. The monoisotopic (exact) mass is 623 g/mol. The fraction of sp³-hybridized carbons (Fsp3) is 0. The Bertz CT molecular complexity index is 3190. The SMILES string of the molecule is [2H]c1c([2H])c([2H])c(-c2ccc3sc4c(c3c2)N(c2c([2H])c([2H])c([2H])c([2H])c2[2H])c2cccc3c2B4c2sc4ccccc4c2N3c2c([2H])c([2H])c([2H])c([2H])c2[2H])c([2H])c1[2H]. The minimum Gasteiger partial charge on any atom is -0.310 e. The van der Waals surface area contributed by atoms with Gasteiger partial charge in [0.05, 0.1) is 31.9 Å². The highest BCUT2D eigenvalue weighted by Gasteiger charge is 2.46. The van der Waals surface area contributed by atoms with Gasteiger partial charge < -0.3 is 9.80 Å². The molecule has 10 rings (SSSR count). The topological polar surface area (TPSA) is 6.48 Å². The van der Waals surface area contributed by atoms with E-state index in [0.29, 0.717) is 48.6 Å². The summed E-state index contributed by atoms with van der Waals surface area (Å²) in [7, 11) is 0. The van der Waals surface area contributed by atoms with Crippen molar-refractivity contribution >= 4 is 98.7 Å². The maximum Gasteiger partial charge on any atom is 0.277 e. The van der Waals surface area contributed by atoms with Crippen LogP contribution < -0.4 is 24.8 Å². The zero-order chi connectivity index (χ0) is 42.5. The summed E-state index contributed by atoms with van der Waals surface area (Å²) in [6.07, 6.45) is 0. The van der Waals surface area contributed by atoms with Gasteiger partial charge in [0, 0.05) is 52.5 Å². The van der Waals surface area contributed by atoms with Crippen LogP contribution in [-0.2, 0) is 0 Å². The Morgan fingerprint density at radius 1 is 0.511 bits per heavy atom. The molecular formula is C40H25BN2S2. The van der Waals surface area contributed by atoms with Crippen LogP contribution >= 0.6 is 22.7 Å². The molecule has 0 saturated carbocycles. The van der Waals surface area contributed by atoms with Gasteiger partial charge in [0.2, 0.25) is 0 Å². The lowest BCUT2D eigenvalue weighted by Gasteiger charge is -2.42. The molecule has 2 aromatic heterocycles. The fourth-order valence-electron chi connectivity index (χ4n) is 6.58. The predicted molar refractivity (Wildman–Crippen MR) is 197 cm³/mol. The van der Waals surface area contributed by atoms with E-state index in [1.807, 2.05) is 24.3 Å². The molecular weight excluding hydrogens is 583 g/mol. The first-order valence-corrected chi connectivity index (χ1v) is 15.7. The fourth-order valence-corrected chi connectivity index (χ4v) is 9.26. The maximum absolute atomic E-state index is 9.23. The highest BCUT2D eigenvalue weighted by atomic mass is 32.1. The Morgan fingerprint density at radius 3 is 1.71 bits per heavy atom. The number of hydrogen-bond acceptors (Lipinski definition) is 4. The molecule has 2 aliphatic rings. The molecule has 8 aromatic rings. The summed E-state index contributed by atoms with van der Waals surface area (Å²) in [6.45, 7) is -0.567. The second kappa shape index (κ2) is 9.70. The van der Waals surface area contributed by atoms with Crippen molar-refractivity contribution in [2.24, 2.45) is 0 Å². The van der Waals surface area contributed by atoms with Crippen molar-refractivity contribution in [3.63, 3.8) is 0 Å². The molecule has 4 heterocycles. The quantitative estimate of drug-likeness (QED) is 0.181. The van der Waals surface area contributed by atoms with E-state index >= 15 is 0 Å². The van der Waals surface area contributed by atoms with Crippen LogP contribution in [0, 0.1) is 0 Å². The summed E-state index contributed by atoms with van der Waals surface area (Å²) in [5.41, 5.74) is 2.65. The molecule has 2 nitrogen and oxygen atoms in total. The molecule has 45 heavy (non-hydrogen) atoms. The van der Waals surface area contributed by atoms with Crippen LogP contribution in [0.2, 0.25) is 0 Å². The Balaban J connectivity index is 1.37. The predicted octanol–water partition coefficient (Wildman–Crippen LogP) is 9.87. The minimum absolute atomic E-state index is 0.0191. The van der Waals surface area contributed by atoms with Crippen molar-refractivity contribution in [1.29, 1.82) is 0 Å². The van der Waals surface area contributed by atoms with Gasteiger partial charge in [0.15, 0.2) is 0 Å². The Hall–Kier alpha value is -5.10.